The lowest BCUT2D eigenvalue weighted by molar-refractivity contribution is 0.504. The molecular weight excluding hydrogens is 158 g/mol. The van der Waals surface area contributed by atoms with Gasteiger partial charge >= 0.3 is 0 Å². The quantitative estimate of drug-likeness (QED) is 0.518. The summed E-state index contributed by atoms with van der Waals surface area (Å²) in [7, 11) is 0. The predicted octanol–water partition coefficient (Wildman–Crippen LogP) is 3.29. The van der Waals surface area contributed by atoms with E-state index in [0.29, 0.717) is 0 Å². The molecule has 0 unspecified atom stereocenters. The molecule has 0 amide bonds. The van der Waals surface area contributed by atoms with Gasteiger partial charge in [-0.15, -0.1) is 13.2 Å². The van der Waals surface area contributed by atoms with Crippen molar-refractivity contribution in [2.24, 2.45) is 0 Å². The molecule has 0 aromatic carbocycles. The second-order valence-corrected chi connectivity index (χ2v) is 3.36. The van der Waals surface area contributed by atoms with Crippen LogP contribution in [0.15, 0.2) is 25.3 Å². The standard InChI is InChI=1S/C6H11N.C6H12/c1-3-5-7-6-4-2;1-2-4-6-5-3-1/h3-4,7H,1-2,5-6H2;1-6H2. The molecule has 1 nitrogen and oxygen atoms in total. The summed E-state index contributed by atoms with van der Waals surface area (Å²) < 4.78 is 0. The number of hydrogen-bond acceptors (Lipinski definition) is 1. The topological polar surface area (TPSA) is 12.0 Å². The molecule has 0 heterocycles. The highest BCUT2D eigenvalue weighted by atomic mass is 14.8. The SMILES string of the molecule is C1CCCCC1.C=CCNCC=C. The van der Waals surface area contributed by atoms with Crippen LogP contribution in [0.5, 0.6) is 0 Å². The highest BCUT2D eigenvalue weighted by molar-refractivity contribution is 4.75. The van der Waals surface area contributed by atoms with Crippen molar-refractivity contribution < 1.29 is 0 Å². The van der Waals surface area contributed by atoms with E-state index in [0.717, 1.165) is 13.1 Å². The molecule has 0 spiro atoms. The van der Waals surface area contributed by atoms with Gasteiger partial charge in [0, 0.05) is 13.1 Å². The van der Waals surface area contributed by atoms with Crippen LogP contribution in [-0.2, 0) is 0 Å². The lowest BCUT2D eigenvalue weighted by Crippen LogP contribution is -2.11. The van der Waals surface area contributed by atoms with Gasteiger partial charge in [0.1, 0.15) is 0 Å². The summed E-state index contributed by atoms with van der Waals surface area (Å²) in [5, 5.41) is 3.05. The molecule has 0 aromatic rings. The molecule has 1 aliphatic rings. The van der Waals surface area contributed by atoms with Crippen LogP contribution >= 0.6 is 0 Å². The minimum atomic E-state index is 0.867. The Morgan fingerprint density at radius 1 is 0.769 bits per heavy atom. The summed E-state index contributed by atoms with van der Waals surface area (Å²) in [6.07, 6.45) is 12.6. The largest absolute Gasteiger partial charge is 0.310 e. The van der Waals surface area contributed by atoms with Gasteiger partial charge in [0.25, 0.3) is 0 Å². The molecule has 1 aliphatic carbocycles. The van der Waals surface area contributed by atoms with Gasteiger partial charge in [0.05, 0.1) is 0 Å². The second-order valence-electron chi connectivity index (χ2n) is 3.36. The average molecular weight is 181 g/mol. The molecule has 0 saturated heterocycles. The van der Waals surface area contributed by atoms with Crippen molar-refractivity contribution in [2.75, 3.05) is 13.1 Å². The van der Waals surface area contributed by atoms with Crippen LogP contribution in [0.1, 0.15) is 38.5 Å². The smallest absolute Gasteiger partial charge is 0.0135 e. The van der Waals surface area contributed by atoms with Crippen LogP contribution in [0.3, 0.4) is 0 Å². The minimum absolute atomic E-state index is 0.867. The highest BCUT2D eigenvalue weighted by Gasteiger charge is 1.95. The van der Waals surface area contributed by atoms with Gasteiger partial charge < -0.3 is 5.32 Å². The van der Waals surface area contributed by atoms with Gasteiger partial charge in [-0.2, -0.15) is 0 Å². The van der Waals surface area contributed by atoms with Crippen LogP contribution in [0.2, 0.25) is 0 Å². The van der Waals surface area contributed by atoms with Gasteiger partial charge in [-0.05, 0) is 0 Å². The molecule has 1 rings (SSSR count). The van der Waals surface area contributed by atoms with E-state index in [1.165, 1.54) is 38.5 Å². The summed E-state index contributed by atoms with van der Waals surface area (Å²) in [6, 6.07) is 0. The maximum Gasteiger partial charge on any atom is 0.0135 e. The van der Waals surface area contributed by atoms with E-state index in [-0.39, 0.29) is 0 Å². The van der Waals surface area contributed by atoms with Crippen LogP contribution in [0, 0.1) is 0 Å². The van der Waals surface area contributed by atoms with E-state index < -0.39 is 0 Å². The monoisotopic (exact) mass is 181 g/mol. The minimum Gasteiger partial charge on any atom is -0.310 e. The Balaban J connectivity index is 0.000000223. The van der Waals surface area contributed by atoms with E-state index in [1.54, 1.807) is 0 Å². The summed E-state index contributed by atoms with van der Waals surface area (Å²) in [4.78, 5) is 0. The van der Waals surface area contributed by atoms with Crippen molar-refractivity contribution in [1.29, 1.82) is 0 Å². The molecule has 13 heavy (non-hydrogen) atoms. The Morgan fingerprint density at radius 2 is 1.08 bits per heavy atom. The number of hydrogen-bond donors (Lipinski definition) is 1. The zero-order valence-electron chi connectivity index (χ0n) is 8.73. The van der Waals surface area contributed by atoms with Gasteiger partial charge in [-0.1, -0.05) is 50.7 Å². The Bertz CT molecular complexity index is 94.8. The number of rotatable bonds is 4. The zero-order chi connectivity index (χ0) is 9.78. The summed E-state index contributed by atoms with van der Waals surface area (Å²) in [5.41, 5.74) is 0. The third-order valence-electron chi connectivity index (χ3n) is 2.08. The second kappa shape index (κ2) is 11.4. The third-order valence-corrected chi connectivity index (χ3v) is 2.08. The zero-order valence-corrected chi connectivity index (χ0v) is 8.73. The molecule has 1 N–H and O–H groups in total. The molecule has 76 valence electrons. The van der Waals surface area contributed by atoms with Crippen molar-refractivity contribution in [3.63, 3.8) is 0 Å². The molecule has 0 radical (unpaired) electrons. The lowest BCUT2D eigenvalue weighted by atomic mass is 10.0. The first-order valence-electron chi connectivity index (χ1n) is 5.34. The average Bonchev–Trinajstić information content (AvgIpc) is 2.22. The van der Waals surface area contributed by atoms with Gasteiger partial charge in [0.15, 0.2) is 0 Å². The van der Waals surface area contributed by atoms with Crippen LogP contribution < -0.4 is 5.32 Å². The van der Waals surface area contributed by atoms with Crippen molar-refractivity contribution in [1.82, 2.24) is 5.32 Å². The Labute approximate surface area is 82.9 Å². The molecule has 0 bridgehead atoms. The molecule has 1 fully saturated rings. The first-order valence-corrected chi connectivity index (χ1v) is 5.34. The van der Waals surface area contributed by atoms with E-state index >= 15 is 0 Å². The van der Waals surface area contributed by atoms with Crippen molar-refractivity contribution in [3.8, 4) is 0 Å². The van der Waals surface area contributed by atoms with Gasteiger partial charge in [0.2, 0.25) is 0 Å². The normalized spacial score (nSPS) is 15.4. The molecule has 1 saturated carbocycles. The highest BCUT2D eigenvalue weighted by Crippen LogP contribution is 2.15. The fourth-order valence-corrected chi connectivity index (χ4v) is 1.35. The third kappa shape index (κ3) is 11.4. The van der Waals surface area contributed by atoms with E-state index in [2.05, 4.69) is 18.5 Å². The van der Waals surface area contributed by atoms with Crippen LogP contribution in [0.25, 0.3) is 0 Å². The molecule has 0 aromatic heterocycles. The van der Waals surface area contributed by atoms with Crippen LogP contribution in [0.4, 0.5) is 0 Å². The Hall–Kier alpha value is -0.560. The van der Waals surface area contributed by atoms with E-state index in [9.17, 15) is 0 Å². The molecular formula is C12H23N. The summed E-state index contributed by atoms with van der Waals surface area (Å²) in [6.45, 7) is 8.81. The Kier molecular flexibility index (Phi) is 10.9. The number of nitrogens with one attached hydrogen (secondary N) is 1. The lowest BCUT2D eigenvalue weighted by Gasteiger charge is -2.05. The maximum absolute atomic E-state index is 3.54. The van der Waals surface area contributed by atoms with E-state index in [4.69, 9.17) is 0 Å². The van der Waals surface area contributed by atoms with E-state index in [1.807, 2.05) is 12.2 Å². The van der Waals surface area contributed by atoms with Gasteiger partial charge in [-0.25, -0.2) is 0 Å². The van der Waals surface area contributed by atoms with Crippen molar-refractivity contribution in [3.05, 3.63) is 25.3 Å². The fraction of sp³-hybridized carbons (Fsp3) is 0.667. The summed E-state index contributed by atoms with van der Waals surface area (Å²) >= 11 is 0. The summed E-state index contributed by atoms with van der Waals surface area (Å²) in [5.74, 6) is 0. The van der Waals surface area contributed by atoms with Crippen LogP contribution in [-0.4, -0.2) is 13.1 Å². The Morgan fingerprint density at radius 3 is 1.31 bits per heavy atom. The maximum atomic E-state index is 3.54. The molecule has 0 atom stereocenters. The fourth-order valence-electron chi connectivity index (χ4n) is 1.35. The predicted molar refractivity (Wildman–Crippen MR) is 61.0 cm³/mol. The van der Waals surface area contributed by atoms with Gasteiger partial charge in [-0.3, -0.25) is 0 Å². The molecule has 0 aliphatic heterocycles. The first-order chi connectivity index (χ1) is 6.41. The molecule has 1 heteroatoms. The van der Waals surface area contributed by atoms with Crippen molar-refractivity contribution in [2.45, 2.75) is 38.5 Å². The van der Waals surface area contributed by atoms with Crippen molar-refractivity contribution >= 4 is 0 Å². The first kappa shape index (κ1) is 12.4.